The van der Waals surface area contributed by atoms with E-state index in [1.165, 1.54) is 11.1 Å². The third kappa shape index (κ3) is 7.65. The van der Waals surface area contributed by atoms with E-state index < -0.39 is 6.09 Å². The molecule has 2 atom stereocenters. The second kappa shape index (κ2) is 13.7. The first-order valence-electron chi connectivity index (χ1n) is 13.3. The number of likely N-dealkylation sites (tertiary alicyclic amines) is 1. The summed E-state index contributed by atoms with van der Waals surface area (Å²) in [4.78, 5) is 16.1. The first-order chi connectivity index (χ1) is 18.6. The highest BCUT2D eigenvalue weighted by Crippen LogP contribution is 2.32. The highest BCUT2D eigenvalue weighted by atomic mass is 16.5. The Balaban J connectivity index is 1.39. The molecule has 0 radical (unpaired) electrons. The van der Waals surface area contributed by atoms with Crippen molar-refractivity contribution >= 4 is 11.8 Å². The van der Waals surface area contributed by atoms with E-state index in [4.69, 9.17) is 9.47 Å². The minimum atomic E-state index is -0.832. The molecule has 4 rings (SSSR count). The molecule has 1 heterocycles. The zero-order valence-corrected chi connectivity index (χ0v) is 22.4. The van der Waals surface area contributed by atoms with E-state index >= 15 is 0 Å². The van der Waals surface area contributed by atoms with Crippen molar-refractivity contribution in [1.82, 2.24) is 9.80 Å². The number of benzene rings is 3. The summed E-state index contributed by atoms with van der Waals surface area (Å²) in [5, 5.41) is 13.5. The minimum Gasteiger partial charge on any atom is -0.497 e. The fourth-order valence-electron chi connectivity index (χ4n) is 5.29. The van der Waals surface area contributed by atoms with E-state index in [2.05, 4.69) is 58.7 Å². The Bertz CT molecular complexity index is 1100. The number of methoxy groups -OCH3 is 2. The highest BCUT2D eigenvalue weighted by Gasteiger charge is 2.31. The number of carboxylic acid groups (broad SMARTS) is 1. The molecule has 1 aliphatic rings. The van der Waals surface area contributed by atoms with Gasteiger partial charge in [0.2, 0.25) is 0 Å². The summed E-state index contributed by atoms with van der Waals surface area (Å²) < 4.78 is 10.9. The van der Waals surface area contributed by atoms with Crippen LogP contribution in [0.15, 0.2) is 78.9 Å². The molecule has 3 aromatic rings. The predicted octanol–water partition coefficient (Wildman–Crippen LogP) is 6.11. The van der Waals surface area contributed by atoms with Gasteiger partial charge in [0, 0.05) is 37.8 Å². The summed E-state index contributed by atoms with van der Waals surface area (Å²) in [6.45, 7) is 3.15. The van der Waals surface area contributed by atoms with Gasteiger partial charge in [0.05, 0.1) is 19.9 Å². The van der Waals surface area contributed by atoms with Crippen LogP contribution in [0.25, 0.3) is 0 Å². The molecule has 202 valence electrons. The van der Waals surface area contributed by atoms with Crippen LogP contribution >= 0.6 is 0 Å². The molecule has 2 N–H and O–H groups in total. The van der Waals surface area contributed by atoms with Crippen LogP contribution in [0.3, 0.4) is 0 Å². The number of carbonyl (C=O) groups is 1. The maximum Gasteiger partial charge on any atom is 0.407 e. The van der Waals surface area contributed by atoms with Gasteiger partial charge in [-0.25, -0.2) is 4.79 Å². The quantitative estimate of drug-likeness (QED) is 0.302. The zero-order valence-electron chi connectivity index (χ0n) is 22.4. The molecule has 0 bridgehead atoms. The number of hydrogen-bond acceptors (Lipinski definition) is 5. The second-order valence-electron chi connectivity index (χ2n) is 9.89. The second-order valence-corrected chi connectivity index (χ2v) is 9.89. The highest BCUT2D eigenvalue weighted by molar-refractivity contribution is 5.66. The number of piperidine rings is 1. The molecule has 38 heavy (non-hydrogen) atoms. The van der Waals surface area contributed by atoms with E-state index in [1.807, 2.05) is 30.3 Å². The fraction of sp³-hybridized carbons (Fsp3) is 0.387. The molecule has 0 aliphatic carbocycles. The SMILES string of the molecule is COc1ccc(N[C@H]2CCN(C(=O)O)[C@@H](CCCN(Cc3ccccc3)Cc3ccccc3)C2)c(OC)c1. The Labute approximate surface area is 226 Å². The first kappa shape index (κ1) is 27.3. The van der Waals surface area contributed by atoms with Crippen molar-refractivity contribution in [2.75, 3.05) is 32.6 Å². The van der Waals surface area contributed by atoms with E-state index in [1.54, 1.807) is 19.1 Å². The van der Waals surface area contributed by atoms with E-state index in [-0.39, 0.29) is 12.1 Å². The molecule has 1 fully saturated rings. The number of ether oxygens (including phenoxy) is 2. The van der Waals surface area contributed by atoms with Gasteiger partial charge in [0.25, 0.3) is 0 Å². The Hall–Kier alpha value is -3.71. The maximum atomic E-state index is 12.0. The van der Waals surface area contributed by atoms with Gasteiger partial charge in [0.15, 0.2) is 0 Å². The van der Waals surface area contributed by atoms with Crippen molar-refractivity contribution in [2.24, 2.45) is 0 Å². The topological polar surface area (TPSA) is 74.3 Å². The molecular weight excluding hydrogens is 478 g/mol. The monoisotopic (exact) mass is 517 g/mol. The molecule has 7 nitrogen and oxygen atoms in total. The summed E-state index contributed by atoms with van der Waals surface area (Å²) in [5.74, 6) is 1.46. The molecule has 0 aromatic heterocycles. The lowest BCUT2D eigenvalue weighted by molar-refractivity contribution is 0.0972. The predicted molar refractivity (Wildman–Crippen MR) is 151 cm³/mol. The molecule has 1 amide bonds. The van der Waals surface area contributed by atoms with Crippen LogP contribution in [-0.2, 0) is 13.1 Å². The average molecular weight is 518 g/mol. The lowest BCUT2D eigenvalue weighted by Gasteiger charge is -2.39. The van der Waals surface area contributed by atoms with Crippen molar-refractivity contribution in [2.45, 2.75) is 50.9 Å². The largest absolute Gasteiger partial charge is 0.497 e. The van der Waals surface area contributed by atoms with Crippen molar-refractivity contribution in [3.8, 4) is 11.5 Å². The average Bonchev–Trinajstić information content (AvgIpc) is 2.94. The molecule has 3 aromatic carbocycles. The van der Waals surface area contributed by atoms with Gasteiger partial charge in [0.1, 0.15) is 11.5 Å². The summed E-state index contributed by atoms with van der Waals surface area (Å²) in [7, 11) is 3.28. The van der Waals surface area contributed by atoms with Gasteiger partial charge in [-0.1, -0.05) is 60.7 Å². The number of nitrogens with one attached hydrogen (secondary N) is 1. The van der Waals surface area contributed by atoms with Crippen LogP contribution < -0.4 is 14.8 Å². The Morgan fingerprint density at radius 1 is 0.974 bits per heavy atom. The number of amides is 1. The van der Waals surface area contributed by atoms with E-state index in [0.29, 0.717) is 6.54 Å². The number of nitrogens with zero attached hydrogens (tertiary/aromatic N) is 2. The van der Waals surface area contributed by atoms with Crippen molar-refractivity contribution in [3.63, 3.8) is 0 Å². The van der Waals surface area contributed by atoms with Crippen LogP contribution in [0.4, 0.5) is 10.5 Å². The number of rotatable bonds is 12. The van der Waals surface area contributed by atoms with Gasteiger partial charge >= 0.3 is 6.09 Å². The smallest absolute Gasteiger partial charge is 0.407 e. The van der Waals surface area contributed by atoms with Crippen LogP contribution in [0, 0.1) is 0 Å². The Morgan fingerprint density at radius 3 is 2.21 bits per heavy atom. The lowest BCUT2D eigenvalue weighted by Crippen LogP contribution is -2.49. The maximum absolute atomic E-state index is 12.0. The summed E-state index contributed by atoms with van der Waals surface area (Å²) >= 11 is 0. The summed E-state index contributed by atoms with van der Waals surface area (Å²) in [6, 6.07) is 26.9. The van der Waals surface area contributed by atoms with E-state index in [9.17, 15) is 9.90 Å². The fourth-order valence-corrected chi connectivity index (χ4v) is 5.29. The molecule has 0 saturated carbocycles. The van der Waals surface area contributed by atoms with Crippen molar-refractivity contribution in [3.05, 3.63) is 90.0 Å². The van der Waals surface area contributed by atoms with Crippen LogP contribution in [0.2, 0.25) is 0 Å². The summed E-state index contributed by atoms with van der Waals surface area (Å²) in [6.07, 6.45) is 2.43. The third-order valence-electron chi connectivity index (χ3n) is 7.24. The lowest BCUT2D eigenvalue weighted by atomic mass is 9.93. The van der Waals surface area contributed by atoms with E-state index in [0.717, 1.165) is 62.5 Å². The molecule has 0 spiro atoms. The molecule has 1 aliphatic heterocycles. The molecular formula is C31H39N3O4. The molecule has 7 heteroatoms. The summed E-state index contributed by atoms with van der Waals surface area (Å²) in [5.41, 5.74) is 3.47. The van der Waals surface area contributed by atoms with Gasteiger partial charge in [-0.2, -0.15) is 0 Å². The normalized spacial score (nSPS) is 17.3. The first-order valence-corrected chi connectivity index (χ1v) is 13.3. The van der Waals surface area contributed by atoms with Crippen LogP contribution in [0.1, 0.15) is 36.8 Å². The van der Waals surface area contributed by atoms with Crippen molar-refractivity contribution < 1.29 is 19.4 Å². The standard InChI is InChI=1S/C31H39N3O4/c1-37-28-15-16-29(30(21-28)38-2)32-26-17-19-34(31(35)36)27(20-26)14-9-18-33(22-24-10-5-3-6-11-24)23-25-12-7-4-8-13-25/h3-8,10-13,15-16,21,26-27,32H,9,14,17-20,22-23H2,1-2H3,(H,35,36)/t26-,27-/m0/s1. The number of hydrogen-bond donors (Lipinski definition) is 2. The van der Waals surface area contributed by atoms with Crippen LogP contribution in [0.5, 0.6) is 11.5 Å². The van der Waals surface area contributed by atoms with Crippen LogP contribution in [-0.4, -0.2) is 60.4 Å². The number of anilines is 1. The Kier molecular flexibility index (Phi) is 9.87. The van der Waals surface area contributed by atoms with Gasteiger partial charge in [-0.05, 0) is 55.5 Å². The molecule has 1 saturated heterocycles. The van der Waals surface area contributed by atoms with Gasteiger partial charge in [-0.3, -0.25) is 4.90 Å². The van der Waals surface area contributed by atoms with Gasteiger partial charge in [-0.15, -0.1) is 0 Å². The van der Waals surface area contributed by atoms with Gasteiger partial charge < -0.3 is 24.8 Å². The molecule has 0 unspecified atom stereocenters. The zero-order chi connectivity index (χ0) is 26.7. The minimum absolute atomic E-state index is 0.0294. The van der Waals surface area contributed by atoms with Crippen molar-refractivity contribution in [1.29, 1.82) is 0 Å². The Morgan fingerprint density at radius 2 is 1.63 bits per heavy atom. The third-order valence-corrected chi connectivity index (χ3v) is 7.24.